The first-order valence-corrected chi connectivity index (χ1v) is 8.30. The number of carbonyl (C=O) groups excluding carboxylic acids is 1. The zero-order valence-corrected chi connectivity index (χ0v) is 14.2. The summed E-state index contributed by atoms with van der Waals surface area (Å²) in [6, 6.07) is 5.40. The molecular formula is C17H26N4O2. The summed E-state index contributed by atoms with van der Waals surface area (Å²) in [7, 11) is 0. The molecule has 0 unspecified atom stereocenters. The Bertz CT molecular complexity index is 588. The molecule has 0 aliphatic heterocycles. The van der Waals surface area contributed by atoms with Crippen molar-refractivity contribution in [2.45, 2.75) is 27.2 Å². The Balaban J connectivity index is 2.05. The molecule has 0 aromatic carbocycles. The van der Waals surface area contributed by atoms with Crippen molar-refractivity contribution in [2.24, 2.45) is 0 Å². The van der Waals surface area contributed by atoms with E-state index in [2.05, 4.69) is 35.9 Å². The van der Waals surface area contributed by atoms with Crippen molar-refractivity contribution in [1.82, 2.24) is 20.0 Å². The van der Waals surface area contributed by atoms with E-state index in [0.29, 0.717) is 11.5 Å². The molecule has 2 rings (SSSR count). The molecule has 1 amide bonds. The summed E-state index contributed by atoms with van der Waals surface area (Å²) in [4.78, 5) is 16.9. The molecule has 0 aliphatic rings. The third-order valence-corrected chi connectivity index (χ3v) is 3.94. The maximum atomic E-state index is 12.7. The fraction of sp³-hybridized carbons (Fsp3) is 0.529. The van der Waals surface area contributed by atoms with Crippen LogP contribution in [0, 0.1) is 0 Å². The minimum absolute atomic E-state index is 0.0342. The number of likely N-dealkylation sites (N-methyl/N-ethyl adjacent to an activating group) is 1. The largest absolute Gasteiger partial charge is 0.463 e. The van der Waals surface area contributed by atoms with E-state index in [1.807, 2.05) is 17.0 Å². The van der Waals surface area contributed by atoms with Gasteiger partial charge in [-0.2, -0.15) is 5.10 Å². The highest BCUT2D eigenvalue weighted by Gasteiger charge is 2.19. The van der Waals surface area contributed by atoms with Crippen LogP contribution >= 0.6 is 0 Å². The highest BCUT2D eigenvalue weighted by Crippen LogP contribution is 2.18. The van der Waals surface area contributed by atoms with Crippen molar-refractivity contribution in [3.63, 3.8) is 0 Å². The van der Waals surface area contributed by atoms with Crippen LogP contribution in [0.3, 0.4) is 0 Å². The topological polar surface area (TPSA) is 65.4 Å². The molecule has 0 bridgehead atoms. The van der Waals surface area contributed by atoms with Gasteiger partial charge in [0.25, 0.3) is 5.91 Å². The SMILES string of the molecule is CCCN(CCN(CC)CC)C(=O)c1cc(-c2ccco2)[nH]n1. The van der Waals surface area contributed by atoms with Crippen LogP contribution in [0.4, 0.5) is 0 Å². The first-order chi connectivity index (χ1) is 11.2. The van der Waals surface area contributed by atoms with Gasteiger partial charge in [-0.25, -0.2) is 0 Å². The molecule has 2 heterocycles. The number of amides is 1. The van der Waals surface area contributed by atoms with E-state index in [1.54, 1.807) is 12.3 Å². The number of nitrogens with one attached hydrogen (secondary N) is 1. The van der Waals surface area contributed by atoms with E-state index < -0.39 is 0 Å². The lowest BCUT2D eigenvalue weighted by atomic mass is 10.2. The molecule has 0 aliphatic carbocycles. The molecule has 0 atom stereocenters. The number of hydrogen-bond donors (Lipinski definition) is 1. The van der Waals surface area contributed by atoms with Crippen molar-refractivity contribution in [2.75, 3.05) is 32.7 Å². The Morgan fingerprint density at radius 3 is 2.61 bits per heavy atom. The second-order valence-corrected chi connectivity index (χ2v) is 5.46. The molecule has 0 spiro atoms. The second-order valence-electron chi connectivity index (χ2n) is 5.46. The number of nitrogens with zero attached hydrogens (tertiary/aromatic N) is 3. The second kappa shape index (κ2) is 8.53. The highest BCUT2D eigenvalue weighted by atomic mass is 16.3. The average molecular weight is 318 g/mol. The third kappa shape index (κ3) is 4.45. The number of furan rings is 1. The van der Waals surface area contributed by atoms with Gasteiger partial charge in [0, 0.05) is 25.7 Å². The summed E-state index contributed by atoms with van der Waals surface area (Å²) in [5, 5.41) is 7.02. The number of aromatic nitrogens is 2. The molecule has 0 saturated carbocycles. The van der Waals surface area contributed by atoms with E-state index >= 15 is 0 Å². The summed E-state index contributed by atoms with van der Waals surface area (Å²) in [5.74, 6) is 0.648. The maximum Gasteiger partial charge on any atom is 0.274 e. The molecule has 2 aromatic rings. The first kappa shape index (κ1) is 17.3. The quantitative estimate of drug-likeness (QED) is 0.772. The van der Waals surface area contributed by atoms with Crippen LogP contribution in [-0.2, 0) is 0 Å². The molecule has 2 aromatic heterocycles. The molecule has 1 N–H and O–H groups in total. The summed E-state index contributed by atoms with van der Waals surface area (Å²) in [6.07, 6.45) is 2.53. The van der Waals surface area contributed by atoms with E-state index in [-0.39, 0.29) is 5.91 Å². The van der Waals surface area contributed by atoms with Crippen LogP contribution in [0.1, 0.15) is 37.7 Å². The molecule has 6 heteroatoms. The normalized spacial score (nSPS) is 11.1. The van der Waals surface area contributed by atoms with Crippen LogP contribution in [-0.4, -0.2) is 58.6 Å². The molecular weight excluding hydrogens is 292 g/mol. The first-order valence-electron chi connectivity index (χ1n) is 8.30. The molecule has 23 heavy (non-hydrogen) atoms. The molecule has 0 radical (unpaired) electrons. The number of aromatic amines is 1. The number of H-pyrrole nitrogens is 1. The van der Waals surface area contributed by atoms with Gasteiger partial charge in [-0.1, -0.05) is 20.8 Å². The zero-order valence-electron chi connectivity index (χ0n) is 14.2. The van der Waals surface area contributed by atoms with Crippen molar-refractivity contribution < 1.29 is 9.21 Å². The highest BCUT2D eigenvalue weighted by molar-refractivity contribution is 5.93. The van der Waals surface area contributed by atoms with Crippen LogP contribution in [0.15, 0.2) is 28.9 Å². The Morgan fingerprint density at radius 2 is 2.00 bits per heavy atom. The predicted molar refractivity (Wildman–Crippen MR) is 90.3 cm³/mol. The van der Waals surface area contributed by atoms with Crippen molar-refractivity contribution >= 4 is 5.91 Å². The summed E-state index contributed by atoms with van der Waals surface area (Å²) in [5.41, 5.74) is 1.16. The van der Waals surface area contributed by atoms with Gasteiger partial charge in [0.2, 0.25) is 0 Å². The van der Waals surface area contributed by atoms with Gasteiger partial charge < -0.3 is 14.2 Å². The van der Waals surface area contributed by atoms with Crippen LogP contribution in [0.25, 0.3) is 11.5 Å². The summed E-state index contributed by atoms with van der Waals surface area (Å²) < 4.78 is 5.33. The lowest BCUT2D eigenvalue weighted by Gasteiger charge is -2.25. The van der Waals surface area contributed by atoms with Gasteiger partial charge in [0.15, 0.2) is 11.5 Å². The van der Waals surface area contributed by atoms with Crippen molar-refractivity contribution in [1.29, 1.82) is 0 Å². The van der Waals surface area contributed by atoms with E-state index in [1.165, 1.54) is 0 Å². The smallest absolute Gasteiger partial charge is 0.274 e. The number of carbonyl (C=O) groups is 1. The molecule has 0 fully saturated rings. The Hall–Kier alpha value is -2.08. The van der Waals surface area contributed by atoms with E-state index in [0.717, 1.165) is 44.8 Å². The lowest BCUT2D eigenvalue weighted by Crippen LogP contribution is -2.39. The monoisotopic (exact) mass is 318 g/mol. The molecule has 0 saturated heterocycles. The minimum atomic E-state index is -0.0342. The maximum absolute atomic E-state index is 12.7. The van der Waals surface area contributed by atoms with Gasteiger partial charge >= 0.3 is 0 Å². The Labute approximate surface area is 137 Å². The minimum Gasteiger partial charge on any atom is -0.463 e. The van der Waals surface area contributed by atoms with Gasteiger partial charge in [0.1, 0.15) is 5.69 Å². The number of rotatable bonds is 9. The Morgan fingerprint density at radius 1 is 1.22 bits per heavy atom. The predicted octanol–water partition coefficient (Wildman–Crippen LogP) is 2.86. The van der Waals surface area contributed by atoms with E-state index in [9.17, 15) is 4.79 Å². The van der Waals surface area contributed by atoms with E-state index in [4.69, 9.17) is 4.42 Å². The van der Waals surface area contributed by atoms with Crippen LogP contribution < -0.4 is 0 Å². The fourth-order valence-electron chi connectivity index (χ4n) is 2.54. The van der Waals surface area contributed by atoms with Crippen molar-refractivity contribution in [3.05, 3.63) is 30.2 Å². The lowest BCUT2D eigenvalue weighted by molar-refractivity contribution is 0.0731. The summed E-state index contributed by atoms with van der Waals surface area (Å²) >= 11 is 0. The van der Waals surface area contributed by atoms with Crippen LogP contribution in [0.2, 0.25) is 0 Å². The Kier molecular flexibility index (Phi) is 6.40. The molecule has 6 nitrogen and oxygen atoms in total. The van der Waals surface area contributed by atoms with Gasteiger partial charge in [-0.15, -0.1) is 0 Å². The average Bonchev–Trinajstić information content (AvgIpc) is 3.24. The van der Waals surface area contributed by atoms with Gasteiger partial charge in [-0.05, 0) is 31.6 Å². The standard InChI is InChI=1S/C17H26N4O2/c1-4-9-21(11-10-20(5-2)6-3)17(22)15-13-14(18-19-15)16-8-7-12-23-16/h7-8,12-13H,4-6,9-11H2,1-3H3,(H,18,19). The zero-order chi connectivity index (χ0) is 16.7. The third-order valence-electron chi connectivity index (χ3n) is 3.94. The number of hydrogen-bond acceptors (Lipinski definition) is 4. The van der Waals surface area contributed by atoms with Gasteiger partial charge in [0.05, 0.1) is 6.26 Å². The molecule has 126 valence electrons. The fourth-order valence-corrected chi connectivity index (χ4v) is 2.54. The summed E-state index contributed by atoms with van der Waals surface area (Å²) in [6.45, 7) is 10.7. The van der Waals surface area contributed by atoms with Crippen molar-refractivity contribution in [3.8, 4) is 11.5 Å². The van der Waals surface area contributed by atoms with Gasteiger partial charge in [-0.3, -0.25) is 9.89 Å². The van der Waals surface area contributed by atoms with Crippen LogP contribution in [0.5, 0.6) is 0 Å².